The quantitative estimate of drug-likeness (QED) is 0.457. The third kappa shape index (κ3) is 4.29. The van der Waals surface area contributed by atoms with E-state index in [1.54, 1.807) is 28.6 Å². The van der Waals surface area contributed by atoms with Crippen LogP contribution in [0.5, 0.6) is 5.75 Å². The number of methoxy groups -OCH3 is 1. The van der Waals surface area contributed by atoms with Crippen LogP contribution < -0.4 is 24.9 Å². The lowest BCUT2D eigenvalue weighted by atomic mass is 9.95. The molecule has 2 aromatic heterocycles. The number of anilines is 1. The molecule has 0 radical (unpaired) electrons. The van der Waals surface area contributed by atoms with Crippen LogP contribution in [0, 0.1) is 6.92 Å². The Morgan fingerprint density at radius 1 is 1.14 bits per heavy atom. The van der Waals surface area contributed by atoms with Gasteiger partial charge in [-0.05, 0) is 49.2 Å². The molecule has 1 amide bonds. The zero-order chi connectivity index (χ0) is 25.4. The predicted octanol–water partition coefficient (Wildman–Crippen LogP) is 2.92. The minimum absolute atomic E-state index is 0.211. The Bertz CT molecular complexity index is 1680. The molecule has 0 spiro atoms. The molecular weight excluding hydrogens is 474 g/mol. The molecule has 8 nitrogen and oxygen atoms in total. The maximum absolute atomic E-state index is 13.7. The Kier molecular flexibility index (Phi) is 6.15. The first-order valence-corrected chi connectivity index (χ1v) is 12.2. The second-order valence-corrected chi connectivity index (χ2v) is 9.58. The summed E-state index contributed by atoms with van der Waals surface area (Å²) in [6.45, 7) is 3.74. The summed E-state index contributed by atoms with van der Waals surface area (Å²) in [5.41, 5.74) is 4.04. The lowest BCUT2D eigenvalue weighted by Gasteiger charge is -2.25. The van der Waals surface area contributed by atoms with Crippen molar-refractivity contribution in [3.8, 4) is 5.75 Å². The highest BCUT2D eigenvalue weighted by Crippen LogP contribution is 2.32. The summed E-state index contributed by atoms with van der Waals surface area (Å²) in [5, 5.41) is 7.20. The van der Waals surface area contributed by atoms with Gasteiger partial charge < -0.3 is 10.1 Å². The van der Waals surface area contributed by atoms with E-state index in [0.717, 1.165) is 16.7 Å². The number of carbonyl (C=O) groups is 1. The predicted molar refractivity (Wildman–Crippen MR) is 140 cm³/mol. The molecular formula is C27H25N5O3S. The van der Waals surface area contributed by atoms with E-state index in [1.165, 1.54) is 11.3 Å². The molecule has 182 valence electrons. The SMILES string of the molecule is COc1ccc([C@H]2C(C(=O)Nc3ccccc3C)=C(C)N=c3sc(=Cc4cnn(C)c4)c(=O)n32)cc1. The van der Waals surface area contributed by atoms with Crippen LogP contribution in [0.2, 0.25) is 0 Å². The monoisotopic (exact) mass is 499 g/mol. The van der Waals surface area contributed by atoms with Gasteiger partial charge in [-0.15, -0.1) is 0 Å². The van der Waals surface area contributed by atoms with E-state index in [0.29, 0.717) is 32.0 Å². The number of aromatic nitrogens is 3. The summed E-state index contributed by atoms with van der Waals surface area (Å²) >= 11 is 1.30. The average molecular weight is 500 g/mol. The molecule has 3 heterocycles. The number of allylic oxidation sites excluding steroid dienone is 1. The molecule has 0 fully saturated rings. The summed E-state index contributed by atoms with van der Waals surface area (Å²) in [6.07, 6.45) is 5.34. The molecule has 2 aromatic carbocycles. The van der Waals surface area contributed by atoms with Gasteiger partial charge in [-0.25, -0.2) is 4.99 Å². The molecule has 0 aliphatic carbocycles. The Morgan fingerprint density at radius 3 is 2.56 bits per heavy atom. The summed E-state index contributed by atoms with van der Waals surface area (Å²) < 4.78 is 9.13. The number of amides is 1. The Hall–Kier alpha value is -4.24. The minimum Gasteiger partial charge on any atom is -0.497 e. The van der Waals surface area contributed by atoms with Gasteiger partial charge in [-0.2, -0.15) is 5.10 Å². The lowest BCUT2D eigenvalue weighted by molar-refractivity contribution is -0.113. The van der Waals surface area contributed by atoms with E-state index < -0.39 is 6.04 Å². The van der Waals surface area contributed by atoms with Gasteiger partial charge in [0.2, 0.25) is 0 Å². The number of thiazole rings is 1. The number of para-hydroxylation sites is 1. The van der Waals surface area contributed by atoms with Crippen LogP contribution >= 0.6 is 11.3 Å². The number of nitrogens with one attached hydrogen (secondary N) is 1. The number of nitrogens with zero attached hydrogens (tertiary/aromatic N) is 4. The van der Waals surface area contributed by atoms with Gasteiger partial charge in [0.25, 0.3) is 11.5 Å². The highest BCUT2D eigenvalue weighted by molar-refractivity contribution is 7.07. The van der Waals surface area contributed by atoms with Gasteiger partial charge in [-0.1, -0.05) is 41.7 Å². The van der Waals surface area contributed by atoms with Gasteiger partial charge in [0.1, 0.15) is 5.75 Å². The van der Waals surface area contributed by atoms with Crippen LogP contribution in [-0.4, -0.2) is 27.4 Å². The smallest absolute Gasteiger partial charge is 0.271 e. The number of benzene rings is 2. The maximum atomic E-state index is 13.7. The topological polar surface area (TPSA) is 90.5 Å². The second kappa shape index (κ2) is 9.43. The van der Waals surface area contributed by atoms with Crippen molar-refractivity contribution in [2.45, 2.75) is 19.9 Å². The molecule has 0 unspecified atom stereocenters. The van der Waals surface area contributed by atoms with Crippen LogP contribution in [0.25, 0.3) is 6.08 Å². The van der Waals surface area contributed by atoms with Gasteiger partial charge in [-0.3, -0.25) is 18.8 Å². The minimum atomic E-state index is -0.646. The Balaban J connectivity index is 1.67. The number of carbonyl (C=O) groups excluding carboxylic acids is 1. The van der Waals surface area contributed by atoms with Crippen molar-refractivity contribution >= 4 is 29.0 Å². The van der Waals surface area contributed by atoms with Gasteiger partial charge in [0.05, 0.1) is 35.2 Å². The molecule has 5 rings (SSSR count). The van der Waals surface area contributed by atoms with E-state index in [-0.39, 0.29) is 11.5 Å². The normalized spacial score (nSPS) is 15.4. The third-order valence-electron chi connectivity index (χ3n) is 6.11. The third-order valence-corrected chi connectivity index (χ3v) is 7.10. The first kappa shape index (κ1) is 23.5. The summed E-state index contributed by atoms with van der Waals surface area (Å²) in [4.78, 5) is 32.6. The van der Waals surface area contributed by atoms with Gasteiger partial charge >= 0.3 is 0 Å². The van der Waals surface area contributed by atoms with Crippen molar-refractivity contribution in [1.82, 2.24) is 14.3 Å². The van der Waals surface area contributed by atoms with Gasteiger partial charge in [0, 0.05) is 24.5 Å². The molecule has 0 saturated carbocycles. The maximum Gasteiger partial charge on any atom is 0.271 e. The molecule has 1 atom stereocenters. The number of fused-ring (bicyclic) bond motifs is 1. The van der Waals surface area contributed by atoms with Crippen molar-refractivity contribution in [3.05, 3.63) is 109 Å². The Morgan fingerprint density at radius 2 is 1.89 bits per heavy atom. The van der Waals surface area contributed by atoms with Crippen molar-refractivity contribution < 1.29 is 9.53 Å². The zero-order valence-electron chi connectivity index (χ0n) is 20.4. The molecule has 9 heteroatoms. The number of rotatable bonds is 5. The van der Waals surface area contributed by atoms with Crippen molar-refractivity contribution in [2.24, 2.45) is 12.0 Å². The van der Waals surface area contributed by atoms with Crippen LogP contribution in [0.1, 0.15) is 29.7 Å². The number of aryl methyl sites for hydroxylation is 2. The molecule has 1 N–H and O–H groups in total. The van der Waals surface area contributed by atoms with Crippen LogP contribution in [0.4, 0.5) is 5.69 Å². The first-order chi connectivity index (χ1) is 17.4. The first-order valence-electron chi connectivity index (χ1n) is 11.4. The summed E-state index contributed by atoms with van der Waals surface area (Å²) in [6, 6.07) is 14.3. The van der Waals surface area contributed by atoms with Crippen molar-refractivity contribution in [1.29, 1.82) is 0 Å². The zero-order valence-corrected chi connectivity index (χ0v) is 21.2. The van der Waals surface area contributed by atoms with E-state index in [4.69, 9.17) is 4.74 Å². The molecule has 4 aromatic rings. The fourth-order valence-electron chi connectivity index (χ4n) is 4.28. The molecule has 0 bridgehead atoms. The molecule has 1 aliphatic heterocycles. The van der Waals surface area contributed by atoms with Crippen molar-refractivity contribution in [2.75, 3.05) is 12.4 Å². The largest absolute Gasteiger partial charge is 0.497 e. The Labute approximate surface area is 211 Å². The van der Waals surface area contributed by atoms with E-state index >= 15 is 0 Å². The number of hydrogen-bond donors (Lipinski definition) is 1. The molecule has 0 saturated heterocycles. The van der Waals surface area contributed by atoms with Crippen LogP contribution in [-0.2, 0) is 11.8 Å². The average Bonchev–Trinajstić information content (AvgIpc) is 3.41. The number of ether oxygens (including phenoxy) is 1. The summed E-state index contributed by atoms with van der Waals surface area (Å²) in [7, 11) is 3.42. The lowest BCUT2D eigenvalue weighted by Crippen LogP contribution is -2.40. The molecule has 1 aliphatic rings. The fraction of sp³-hybridized carbons (Fsp3) is 0.185. The number of hydrogen-bond acceptors (Lipinski definition) is 6. The van der Waals surface area contributed by atoms with E-state index in [2.05, 4.69) is 15.4 Å². The summed E-state index contributed by atoms with van der Waals surface area (Å²) in [5.74, 6) is 0.391. The van der Waals surface area contributed by atoms with Crippen molar-refractivity contribution in [3.63, 3.8) is 0 Å². The standard InChI is InChI=1S/C27H25N5O3S/c1-16-7-5-6-8-21(16)30-25(33)23-17(2)29-27-32(24(23)19-9-11-20(35-4)12-10-19)26(34)22(36-27)13-18-14-28-31(3)15-18/h5-15,24H,1-4H3,(H,30,33)/t24-/m0/s1. The highest BCUT2D eigenvalue weighted by Gasteiger charge is 2.32. The fourth-order valence-corrected chi connectivity index (χ4v) is 5.33. The van der Waals surface area contributed by atoms with Crippen LogP contribution in [0.15, 0.2) is 82.0 Å². The van der Waals surface area contributed by atoms with E-state index in [9.17, 15) is 9.59 Å². The van der Waals surface area contributed by atoms with Gasteiger partial charge in [0.15, 0.2) is 4.80 Å². The van der Waals surface area contributed by atoms with Crippen LogP contribution in [0.3, 0.4) is 0 Å². The second-order valence-electron chi connectivity index (χ2n) is 8.57. The highest BCUT2D eigenvalue weighted by atomic mass is 32.1. The van der Waals surface area contributed by atoms with E-state index in [1.807, 2.05) is 75.6 Å². The molecule has 36 heavy (non-hydrogen) atoms.